The SMILES string of the molecule is CC[Si](CC)(CC)OC(C)(C)[C@@H](C)CO[C@H](C)C1CCC2C(=O)CCC(C)C21. The van der Waals surface area contributed by atoms with Crippen LogP contribution in [-0.4, -0.2) is 32.4 Å². The first-order valence-corrected chi connectivity index (χ1v) is 14.5. The quantitative estimate of drug-likeness (QED) is 0.387. The molecular weight excluding hydrogens is 364 g/mol. The number of hydrogen-bond donors (Lipinski definition) is 0. The molecule has 6 atom stereocenters. The molecule has 0 spiro atoms. The Hall–Kier alpha value is -0.193. The van der Waals surface area contributed by atoms with Gasteiger partial charge in [0.25, 0.3) is 0 Å². The molecule has 0 aromatic rings. The molecule has 4 heteroatoms. The molecule has 4 unspecified atom stereocenters. The summed E-state index contributed by atoms with van der Waals surface area (Å²) in [5.41, 5.74) is -0.153. The van der Waals surface area contributed by atoms with E-state index in [1.165, 1.54) is 18.1 Å². The summed E-state index contributed by atoms with van der Waals surface area (Å²) in [7, 11) is -1.63. The van der Waals surface area contributed by atoms with Crippen LogP contribution in [0.2, 0.25) is 18.1 Å². The van der Waals surface area contributed by atoms with Crippen LogP contribution in [0.1, 0.15) is 81.1 Å². The lowest BCUT2D eigenvalue weighted by Crippen LogP contribution is -2.48. The maximum Gasteiger partial charge on any atom is 0.192 e. The summed E-state index contributed by atoms with van der Waals surface area (Å²) in [5, 5.41) is 0. The van der Waals surface area contributed by atoms with E-state index in [0.717, 1.165) is 32.3 Å². The third-order valence-corrected chi connectivity index (χ3v) is 13.3. The highest BCUT2D eigenvalue weighted by Crippen LogP contribution is 2.49. The highest BCUT2D eigenvalue weighted by molar-refractivity contribution is 6.73. The van der Waals surface area contributed by atoms with Gasteiger partial charge in [-0.3, -0.25) is 4.79 Å². The highest BCUT2D eigenvalue weighted by Gasteiger charge is 2.47. The van der Waals surface area contributed by atoms with Crippen molar-refractivity contribution in [3.8, 4) is 0 Å². The third kappa shape index (κ3) is 5.10. The smallest absolute Gasteiger partial charge is 0.192 e. The summed E-state index contributed by atoms with van der Waals surface area (Å²) in [6.07, 6.45) is 4.32. The molecule has 28 heavy (non-hydrogen) atoms. The van der Waals surface area contributed by atoms with Crippen LogP contribution in [0.25, 0.3) is 0 Å². The molecular formula is C24H46O3Si. The maximum atomic E-state index is 12.4. The normalized spacial score (nSPS) is 30.9. The van der Waals surface area contributed by atoms with Crippen molar-refractivity contribution in [1.29, 1.82) is 0 Å². The number of hydrogen-bond acceptors (Lipinski definition) is 3. The van der Waals surface area contributed by atoms with Gasteiger partial charge in [-0.2, -0.15) is 0 Å². The predicted octanol–water partition coefficient (Wildman–Crippen LogP) is 6.47. The van der Waals surface area contributed by atoms with E-state index in [1.54, 1.807) is 0 Å². The number of carbonyl (C=O) groups excluding carboxylic acids is 1. The zero-order valence-electron chi connectivity index (χ0n) is 19.8. The minimum absolute atomic E-state index is 0.153. The molecule has 0 heterocycles. The van der Waals surface area contributed by atoms with E-state index < -0.39 is 8.32 Å². The van der Waals surface area contributed by atoms with Crippen molar-refractivity contribution in [1.82, 2.24) is 0 Å². The van der Waals surface area contributed by atoms with Crippen LogP contribution in [0.3, 0.4) is 0 Å². The second-order valence-electron chi connectivity index (χ2n) is 10.3. The number of fused-ring (bicyclic) bond motifs is 1. The van der Waals surface area contributed by atoms with Gasteiger partial charge in [0.15, 0.2) is 8.32 Å². The monoisotopic (exact) mass is 410 g/mol. The third-order valence-electron chi connectivity index (χ3n) is 8.50. The van der Waals surface area contributed by atoms with Gasteiger partial charge < -0.3 is 9.16 Å². The minimum atomic E-state index is -1.63. The average molecular weight is 411 g/mol. The van der Waals surface area contributed by atoms with Crippen molar-refractivity contribution < 1.29 is 14.0 Å². The molecule has 0 saturated heterocycles. The van der Waals surface area contributed by atoms with Crippen LogP contribution in [0.15, 0.2) is 0 Å². The Bertz CT molecular complexity index is 506. The predicted molar refractivity (Wildman–Crippen MR) is 120 cm³/mol. The van der Waals surface area contributed by atoms with Crippen molar-refractivity contribution in [2.75, 3.05) is 6.61 Å². The van der Waals surface area contributed by atoms with Crippen molar-refractivity contribution in [2.24, 2.45) is 29.6 Å². The summed E-state index contributed by atoms with van der Waals surface area (Å²) in [6, 6.07) is 3.55. The molecule has 2 aliphatic rings. The van der Waals surface area contributed by atoms with Crippen LogP contribution in [0, 0.1) is 29.6 Å². The fourth-order valence-corrected chi connectivity index (χ4v) is 9.04. The van der Waals surface area contributed by atoms with Gasteiger partial charge in [0.2, 0.25) is 0 Å². The van der Waals surface area contributed by atoms with Gasteiger partial charge in [-0.25, -0.2) is 0 Å². The molecule has 0 aromatic carbocycles. The molecule has 2 saturated carbocycles. The Morgan fingerprint density at radius 1 is 1.07 bits per heavy atom. The van der Waals surface area contributed by atoms with E-state index in [1.807, 2.05) is 0 Å². The van der Waals surface area contributed by atoms with Crippen LogP contribution in [-0.2, 0) is 14.0 Å². The average Bonchev–Trinajstić information content (AvgIpc) is 3.13. The number of ether oxygens (including phenoxy) is 1. The van der Waals surface area contributed by atoms with Crippen LogP contribution < -0.4 is 0 Å². The van der Waals surface area contributed by atoms with Gasteiger partial charge in [0.1, 0.15) is 5.78 Å². The van der Waals surface area contributed by atoms with E-state index in [-0.39, 0.29) is 11.7 Å². The molecule has 3 nitrogen and oxygen atoms in total. The summed E-state index contributed by atoms with van der Waals surface area (Å²) < 4.78 is 13.3. The van der Waals surface area contributed by atoms with Gasteiger partial charge in [-0.1, -0.05) is 34.6 Å². The number of rotatable bonds is 10. The van der Waals surface area contributed by atoms with Crippen molar-refractivity contribution in [3.63, 3.8) is 0 Å². The minimum Gasteiger partial charge on any atom is -0.412 e. The zero-order valence-corrected chi connectivity index (χ0v) is 20.8. The molecule has 0 bridgehead atoms. The van der Waals surface area contributed by atoms with E-state index in [4.69, 9.17) is 9.16 Å². The fourth-order valence-electron chi connectivity index (χ4n) is 5.79. The first-order valence-electron chi connectivity index (χ1n) is 11.9. The Labute approximate surface area is 175 Å². The lowest BCUT2D eigenvalue weighted by Gasteiger charge is -2.42. The highest BCUT2D eigenvalue weighted by atomic mass is 28.4. The maximum absolute atomic E-state index is 12.4. The first kappa shape index (κ1) is 24.1. The molecule has 2 rings (SSSR count). The second kappa shape index (κ2) is 9.74. The van der Waals surface area contributed by atoms with Gasteiger partial charge in [0, 0.05) is 18.3 Å². The number of Topliss-reactive ketones (excluding diaryl/α,β-unsaturated/α-hetero) is 1. The Balaban J connectivity index is 1.94. The lowest BCUT2D eigenvalue weighted by molar-refractivity contribution is -0.128. The molecule has 0 aromatic heterocycles. The molecule has 0 aliphatic heterocycles. The molecule has 0 radical (unpaired) electrons. The van der Waals surface area contributed by atoms with E-state index in [0.29, 0.717) is 35.4 Å². The summed E-state index contributed by atoms with van der Waals surface area (Å²) in [6.45, 7) is 19.0. The molecule has 0 amide bonds. The summed E-state index contributed by atoms with van der Waals surface area (Å²) in [4.78, 5) is 12.4. The van der Waals surface area contributed by atoms with E-state index in [9.17, 15) is 4.79 Å². The van der Waals surface area contributed by atoms with Gasteiger partial charge >= 0.3 is 0 Å². The first-order chi connectivity index (χ1) is 13.1. The second-order valence-corrected chi connectivity index (χ2v) is 15.0. The molecule has 2 fully saturated rings. The Morgan fingerprint density at radius 3 is 2.25 bits per heavy atom. The Kier molecular flexibility index (Phi) is 8.38. The van der Waals surface area contributed by atoms with Crippen molar-refractivity contribution in [2.45, 2.75) is 111 Å². The van der Waals surface area contributed by atoms with Crippen LogP contribution in [0.4, 0.5) is 0 Å². The number of carbonyl (C=O) groups is 1. The summed E-state index contributed by atoms with van der Waals surface area (Å²) in [5.74, 6) is 2.91. The van der Waals surface area contributed by atoms with E-state index >= 15 is 0 Å². The largest absolute Gasteiger partial charge is 0.412 e. The molecule has 2 aliphatic carbocycles. The molecule has 164 valence electrons. The van der Waals surface area contributed by atoms with Crippen LogP contribution >= 0.6 is 0 Å². The Morgan fingerprint density at radius 2 is 1.68 bits per heavy atom. The standard InChI is InChI=1S/C24H46O3Si/c1-9-28(10-2,11-3)27-24(7,8)18(5)16-26-19(6)20-13-14-21-22(25)15-12-17(4)23(20)21/h17-21,23H,9-16H2,1-8H3/t17?,18-,19+,20?,21?,23?/m0/s1. The summed E-state index contributed by atoms with van der Waals surface area (Å²) >= 11 is 0. The zero-order chi connectivity index (χ0) is 21.1. The fraction of sp³-hybridized carbons (Fsp3) is 0.958. The van der Waals surface area contributed by atoms with E-state index in [2.05, 4.69) is 55.4 Å². The lowest BCUT2D eigenvalue weighted by atomic mass is 9.70. The van der Waals surface area contributed by atoms with Gasteiger partial charge in [-0.15, -0.1) is 0 Å². The molecule has 0 N–H and O–H groups in total. The van der Waals surface area contributed by atoms with Crippen molar-refractivity contribution in [3.05, 3.63) is 0 Å². The van der Waals surface area contributed by atoms with Crippen molar-refractivity contribution >= 4 is 14.1 Å². The van der Waals surface area contributed by atoms with Crippen LogP contribution in [0.5, 0.6) is 0 Å². The topological polar surface area (TPSA) is 35.5 Å². The van der Waals surface area contributed by atoms with Gasteiger partial charge in [-0.05, 0) is 75.9 Å². The number of ketones is 1. The van der Waals surface area contributed by atoms with Gasteiger partial charge in [0.05, 0.1) is 18.3 Å².